The SMILES string of the molecule is COc1ccc(/C=N/NC(=O)Cn2nnnc2N)cc1. The number of methoxy groups -OCH3 is 1. The lowest BCUT2D eigenvalue weighted by Crippen LogP contribution is -2.24. The van der Waals surface area contributed by atoms with Gasteiger partial charge < -0.3 is 10.5 Å². The van der Waals surface area contributed by atoms with E-state index in [9.17, 15) is 4.79 Å². The molecule has 0 radical (unpaired) electrons. The Morgan fingerprint density at radius 1 is 1.50 bits per heavy atom. The van der Waals surface area contributed by atoms with E-state index < -0.39 is 0 Å². The maximum atomic E-state index is 11.5. The van der Waals surface area contributed by atoms with Gasteiger partial charge in [-0.05, 0) is 40.3 Å². The number of nitrogens with one attached hydrogen (secondary N) is 1. The lowest BCUT2D eigenvalue weighted by atomic mass is 10.2. The highest BCUT2D eigenvalue weighted by molar-refractivity contribution is 5.82. The Hall–Kier alpha value is -2.97. The minimum Gasteiger partial charge on any atom is -0.497 e. The van der Waals surface area contributed by atoms with Gasteiger partial charge in [-0.1, -0.05) is 5.10 Å². The minimum absolute atomic E-state index is 0.0688. The lowest BCUT2D eigenvalue weighted by Gasteiger charge is -2.00. The summed E-state index contributed by atoms with van der Waals surface area (Å²) in [5, 5.41) is 14.2. The van der Waals surface area contributed by atoms with Gasteiger partial charge in [0, 0.05) is 0 Å². The van der Waals surface area contributed by atoms with E-state index in [1.165, 1.54) is 6.21 Å². The molecular formula is C11H13N7O2. The van der Waals surface area contributed by atoms with Gasteiger partial charge in [0.1, 0.15) is 12.3 Å². The molecule has 104 valence electrons. The number of nitrogens with zero attached hydrogens (tertiary/aromatic N) is 5. The van der Waals surface area contributed by atoms with Gasteiger partial charge in [-0.15, -0.1) is 0 Å². The number of benzene rings is 1. The summed E-state index contributed by atoms with van der Waals surface area (Å²) in [4.78, 5) is 11.5. The average Bonchev–Trinajstić information content (AvgIpc) is 2.85. The summed E-state index contributed by atoms with van der Waals surface area (Å²) in [5.74, 6) is 0.438. The predicted molar refractivity (Wildman–Crippen MR) is 71.0 cm³/mol. The molecule has 20 heavy (non-hydrogen) atoms. The molecule has 0 saturated carbocycles. The normalized spacial score (nSPS) is 10.7. The number of hydrazone groups is 1. The van der Waals surface area contributed by atoms with Gasteiger partial charge in [0.2, 0.25) is 5.95 Å². The first-order valence-corrected chi connectivity index (χ1v) is 5.66. The maximum absolute atomic E-state index is 11.5. The van der Waals surface area contributed by atoms with Gasteiger partial charge in [0.25, 0.3) is 5.91 Å². The molecule has 1 heterocycles. The van der Waals surface area contributed by atoms with Gasteiger partial charge in [-0.2, -0.15) is 5.10 Å². The molecule has 0 fully saturated rings. The number of tetrazole rings is 1. The van der Waals surface area contributed by atoms with E-state index in [0.717, 1.165) is 16.0 Å². The summed E-state index contributed by atoms with van der Waals surface area (Å²) < 4.78 is 6.20. The van der Waals surface area contributed by atoms with Crippen LogP contribution in [0.5, 0.6) is 5.75 Å². The summed E-state index contributed by atoms with van der Waals surface area (Å²) >= 11 is 0. The second-order valence-electron chi connectivity index (χ2n) is 3.76. The molecule has 0 unspecified atom stereocenters. The number of nitrogens with two attached hydrogens (primary N) is 1. The fourth-order valence-electron chi connectivity index (χ4n) is 1.36. The van der Waals surface area contributed by atoms with Crippen molar-refractivity contribution >= 4 is 18.1 Å². The Morgan fingerprint density at radius 2 is 2.25 bits per heavy atom. The highest BCUT2D eigenvalue weighted by Gasteiger charge is 2.06. The molecule has 2 rings (SSSR count). The van der Waals surface area contributed by atoms with E-state index in [4.69, 9.17) is 10.5 Å². The zero-order valence-corrected chi connectivity index (χ0v) is 10.7. The van der Waals surface area contributed by atoms with Crippen molar-refractivity contribution in [1.29, 1.82) is 0 Å². The van der Waals surface area contributed by atoms with E-state index in [0.29, 0.717) is 0 Å². The fraction of sp³-hybridized carbons (Fsp3) is 0.182. The van der Waals surface area contributed by atoms with E-state index in [1.807, 2.05) is 12.1 Å². The van der Waals surface area contributed by atoms with Crippen LogP contribution in [-0.4, -0.2) is 39.4 Å². The second kappa shape index (κ2) is 6.27. The summed E-state index contributed by atoms with van der Waals surface area (Å²) in [6.07, 6.45) is 1.51. The van der Waals surface area contributed by atoms with Crippen LogP contribution in [0.25, 0.3) is 0 Å². The quantitative estimate of drug-likeness (QED) is 0.556. The van der Waals surface area contributed by atoms with E-state index >= 15 is 0 Å². The number of anilines is 1. The van der Waals surface area contributed by atoms with Crippen LogP contribution in [0.2, 0.25) is 0 Å². The van der Waals surface area contributed by atoms with Crippen molar-refractivity contribution < 1.29 is 9.53 Å². The number of aromatic nitrogens is 4. The monoisotopic (exact) mass is 275 g/mol. The molecule has 0 aliphatic rings. The fourth-order valence-corrected chi connectivity index (χ4v) is 1.36. The van der Waals surface area contributed by atoms with Crippen molar-refractivity contribution in [2.24, 2.45) is 5.10 Å². The molecule has 1 amide bonds. The summed E-state index contributed by atoms with van der Waals surface area (Å²) in [6.45, 7) is -0.0984. The third-order valence-corrected chi connectivity index (χ3v) is 2.37. The Labute approximate surface area is 114 Å². The molecule has 0 aliphatic carbocycles. The van der Waals surface area contributed by atoms with Gasteiger partial charge >= 0.3 is 0 Å². The largest absolute Gasteiger partial charge is 0.497 e. The van der Waals surface area contributed by atoms with Crippen molar-refractivity contribution in [3.63, 3.8) is 0 Å². The molecule has 9 nitrogen and oxygen atoms in total. The Morgan fingerprint density at radius 3 is 2.85 bits per heavy atom. The smallest absolute Gasteiger partial charge is 0.261 e. The third kappa shape index (κ3) is 3.51. The van der Waals surface area contributed by atoms with Crippen LogP contribution in [0.3, 0.4) is 0 Å². The van der Waals surface area contributed by atoms with Crippen LogP contribution in [0, 0.1) is 0 Å². The Kier molecular flexibility index (Phi) is 4.22. The number of rotatable bonds is 5. The lowest BCUT2D eigenvalue weighted by molar-refractivity contribution is -0.121. The van der Waals surface area contributed by atoms with Gasteiger partial charge in [0.05, 0.1) is 13.3 Å². The number of nitrogen functional groups attached to an aromatic ring is 1. The molecule has 1 aromatic heterocycles. The second-order valence-corrected chi connectivity index (χ2v) is 3.76. The topological polar surface area (TPSA) is 120 Å². The van der Waals surface area contributed by atoms with Crippen LogP contribution < -0.4 is 15.9 Å². The highest BCUT2D eigenvalue weighted by Crippen LogP contribution is 2.09. The molecule has 0 atom stereocenters. The van der Waals surface area contributed by atoms with E-state index in [2.05, 4.69) is 26.1 Å². The summed E-state index contributed by atoms with van der Waals surface area (Å²) in [6, 6.07) is 7.22. The van der Waals surface area contributed by atoms with Crippen LogP contribution >= 0.6 is 0 Å². The van der Waals surface area contributed by atoms with Crippen molar-refractivity contribution in [3.8, 4) is 5.75 Å². The number of hydrogen-bond donors (Lipinski definition) is 2. The molecule has 0 bridgehead atoms. The van der Waals surface area contributed by atoms with Gasteiger partial charge in [0.15, 0.2) is 0 Å². The predicted octanol–water partition coefficient (Wildman–Crippen LogP) is -0.586. The first kappa shape index (κ1) is 13.5. The average molecular weight is 275 g/mol. The van der Waals surface area contributed by atoms with Crippen LogP contribution in [-0.2, 0) is 11.3 Å². The molecular weight excluding hydrogens is 262 g/mol. The van der Waals surface area contributed by atoms with E-state index in [1.54, 1.807) is 19.2 Å². The van der Waals surface area contributed by atoms with E-state index in [-0.39, 0.29) is 18.4 Å². The van der Waals surface area contributed by atoms with Crippen LogP contribution in [0.1, 0.15) is 5.56 Å². The molecule has 1 aromatic carbocycles. The summed E-state index contributed by atoms with van der Waals surface area (Å²) in [7, 11) is 1.59. The molecule has 0 spiro atoms. The zero-order valence-electron chi connectivity index (χ0n) is 10.7. The van der Waals surface area contributed by atoms with Gasteiger partial charge in [-0.3, -0.25) is 4.79 Å². The third-order valence-electron chi connectivity index (χ3n) is 2.37. The molecule has 0 aliphatic heterocycles. The Balaban J connectivity index is 1.86. The van der Waals surface area contributed by atoms with Crippen molar-refractivity contribution in [1.82, 2.24) is 25.6 Å². The van der Waals surface area contributed by atoms with Crippen LogP contribution in [0.4, 0.5) is 5.95 Å². The minimum atomic E-state index is -0.381. The highest BCUT2D eigenvalue weighted by atomic mass is 16.5. The zero-order chi connectivity index (χ0) is 14.4. The molecule has 0 saturated heterocycles. The van der Waals surface area contributed by atoms with Gasteiger partial charge in [-0.25, -0.2) is 10.1 Å². The molecule has 3 N–H and O–H groups in total. The number of amides is 1. The standard InChI is InChI=1S/C11H13N7O2/c1-20-9-4-2-8(3-5-9)6-13-14-10(19)7-18-11(12)15-16-17-18/h2-6H,7H2,1H3,(H,14,19)(H2,12,15,17)/b13-6+. The number of carbonyl (C=O) groups is 1. The summed E-state index contributed by atoms with van der Waals surface area (Å²) in [5.41, 5.74) is 8.61. The number of carbonyl (C=O) groups excluding carboxylic acids is 1. The number of ether oxygens (including phenoxy) is 1. The maximum Gasteiger partial charge on any atom is 0.261 e. The first-order chi connectivity index (χ1) is 9.69. The van der Waals surface area contributed by atoms with Crippen molar-refractivity contribution in [2.45, 2.75) is 6.54 Å². The van der Waals surface area contributed by atoms with Crippen molar-refractivity contribution in [3.05, 3.63) is 29.8 Å². The first-order valence-electron chi connectivity index (χ1n) is 5.66. The van der Waals surface area contributed by atoms with Crippen molar-refractivity contribution in [2.75, 3.05) is 12.8 Å². The Bertz CT molecular complexity index is 605. The molecule has 9 heteroatoms. The molecule has 2 aromatic rings. The van der Waals surface area contributed by atoms with Crippen LogP contribution in [0.15, 0.2) is 29.4 Å². The number of hydrogen-bond acceptors (Lipinski definition) is 7.